The summed E-state index contributed by atoms with van der Waals surface area (Å²) in [5.74, 6) is -0.633. The van der Waals surface area contributed by atoms with Crippen molar-refractivity contribution in [3.63, 3.8) is 0 Å². The third-order valence-electron chi connectivity index (χ3n) is 14.1. The smallest absolute Gasteiger partial charge is 0.402 e. The average Bonchev–Trinajstić information content (AvgIpc) is 3.16. The second kappa shape index (κ2) is 16.2. The summed E-state index contributed by atoms with van der Waals surface area (Å²) in [6.07, 6.45) is 12.7. The van der Waals surface area contributed by atoms with Crippen molar-refractivity contribution in [1.82, 2.24) is 0 Å². The van der Waals surface area contributed by atoms with Gasteiger partial charge in [0.05, 0.1) is 26.7 Å². The molecule has 16 heteroatoms. The van der Waals surface area contributed by atoms with Crippen molar-refractivity contribution in [2.45, 2.75) is 113 Å². The fraction of sp³-hybridized carbons (Fsp3) is 0.825. The molecule has 0 spiro atoms. The van der Waals surface area contributed by atoms with Crippen molar-refractivity contribution < 1.29 is 59.9 Å². The Bertz CT molecular complexity index is 1710. The molecule has 9 atom stereocenters. The Morgan fingerprint density at radius 1 is 0.929 bits per heavy atom. The van der Waals surface area contributed by atoms with Crippen molar-refractivity contribution in [2.24, 2.45) is 57.7 Å². The molecule has 0 aromatic heterocycles. The molecule has 6 fully saturated rings. The van der Waals surface area contributed by atoms with Crippen molar-refractivity contribution in [2.75, 3.05) is 31.3 Å². The van der Waals surface area contributed by atoms with Crippen LogP contribution in [0.2, 0.25) is 0 Å². The summed E-state index contributed by atoms with van der Waals surface area (Å²) >= 11 is 3.30. The largest absolute Gasteiger partial charge is 0.465 e. The zero-order valence-electron chi connectivity index (χ0n) is 31.9. The summed E-state index contributed by atoms with van der Waals surface area (Å²) < 4.78 is 76.5. The molecule has 6 aliphatic carbocycles. The molecule has 6 bridgehead atoms. The third kappa shape index (κ3) is 8.64. The number of carbonyl (C=O) groups is 5. The maximum absolute atomic E-state index is 14.0. The van der Waals surface area contributed by atoms with Crippen LogP contribution in [0.1, 0.15) is 103 Å². The van der Waals surface area contributed by atoms with Gasteiger partial charge in [0.1, 0.15) is 25.3 Å². The normalized spacial score (nSPS) is 39.8. The van der Waals surface area contributed by atoms with E-state index in [0.29, 0.717) is 75.2 Å². The summed E-state index contributed by atoms with van der Waals surface area (Å²) in [6, 6.07) is 0. The van der Waals surface area contributed by atoms with Gasteiger partial charge in [-0.25, -0.2) is 0 Å². The lowest BCUT2D eigenvalue weighted by atomic mass is 9.59. The van der Waals surface area contributed by atoms with E-state index in [4.69, 9.17) is 18.8 Å². The minimum Gasteiger partial charge on any atom is -0.465 e. The van der Waals surface area contributed by atoms with Gasteiger partial charge in [0.2, 0.25) is 0 Å². The van der Waals surface area contributed by atoms with Crippen LogP contribution in [0.3, 0.4) is 0 Å². The van der Waals surface area contributed by atoms with E-state index >= 15 is 0 Å². The van der Waals surface area contributed by atoms with Crippen LogP contribution in [-0.4, -0.2) is 84.1 Å². The molecule has 0 radical (unpaired) electrons. The lowest BCUT2D eigenvalue weighted by molar-refractivity contribution is -0.169. The topological polar surface area (TPSA) is 167 Å². The van der Waals surface area contributed by atoms with Crippen molar-refractivity contribution in [1.29, 1.82) is 0 Å². The Kier molecular flexibility index (Phi) is 12.2. The molecule has 7 aliphatic rings. The number of halogens is 2. The fourth-order valence-corrected chi connectivity index (χ4v) is 15.0. The zero-order valence-corrected chi connectivity index (χ0v) is 34.4. The summed E-state index contributed by atoms with van der Waals surface area (Å²) in [5.41, 5.74) is -1.41. The van der Waals surface area contributed by atoms with Crippen molar-refractivity contribution >= 4 is 63.6 Å². The predicted octanol–water partition coefficient (Wildman–Crippen LogP) is 6.82. The summed E-state index contributed by atoms with van der Waals surface area (Å²) in [6.45, 7) is 0.271. The van der Waals surface area contributed by atoms with E-state index in [1.54, 1.807) is 23.5 Å². The number of hydrogen-bond donors (Lipinski definition) is 1. The summed E-state index contributed by atoms with van der Waals surface area (Å²) in [5, 5.41) is -4.61. The number of ether oxygens (including phenoxy) is 3. The lowest BCUT2D eigenvalue weighted by Crippen LogP contribution is -2.49. The molecule has 1 heterocycles. The number of fused-ring (bicyclic) bond motifs is 6. The first kappa shape index (κ1) is 42.1. The zero-order chi connectivity index (χ0) is 40.1. The van der Waals surface area contributed by atoms with E-state index in [1.807, 2.05) is 13.0 Å². The number of esters is 3. The van der Waals surface area contributed by atoms with Gasteiger partial charge in [0.25, 0.3) is 0 Å². The lowest BCUT2D eigenvalue weighted by Gasteiger charge is -2.50. The minimum absolute atomic E-state index is 0.00362. The Labute approximate surface area is 336 Å². The van der Waals surface area contributed by atoms with E-state index in [2.05, 4.69) is 0 Å². The van der Waals surface area contributed by atoms with Gasteiger partial charge in [0.15, 0.2) is 6.61 Å². The van der Waals surface area contributed by atoms with Crippen LogP contribution in [0.4, 0.5) is 8.78 Å². The number of thioether (sulfide) groups is 2. The Balaban J connectivity index is 1.03. The maximum atomic E-state index is 14.0. The maximum Gasteiger partial charge on any atom is 0.402 e. The van der Waals surface area contributed by atoms with Gasteiger partial charge in [-0.1, -0.05) is 31.4 Å². The highest BCUT2D eigenvalue weighted by Crippen LogP contribution is 2.57. The van der Waals surface area contributed by atoms with Gasteiger partial charge in [0, 0.05) is 29.3 Å². The van der Waals surface area contributed by atoms with Gasteiger partial charge in [-0.15, -0.1) is 23.5 Å². The number of alkyl halides is 2. The fourth-order valence-electron chi connectivity index (χ4n) is 11.4. The molecule has 11 nitrogen and oxygen atoms in total. The average molecular weight is 845 g/mol. The number of hydrogen-bond acceptors (Lipinski definition) is 12. The first-order chi connectivity index (χ1) is 26.4. The van der Waals surface area contributed by atoms with Gasteiger partial charge in [-0.05, 0) is 101 Å². The van der Waals surface area contributed by atoms with Gasteiger partial charge < -0.3 is 19.0 Å². The number of carbonyl (C=O) groups excluding carboxylic acids is 5. The van der Waals surface area contributed by atoms with Crippen LogP contribution in [-0.2, 0) is 48.3 Å². The van der Waals surface area contributed by atoms with Crippen LogP contribution in [0.25, 0.3) is 0 Å². The number of allylic oxidation sites excluding steroid dienone is 2. The van der Waals surface area contributed by atoms with Crippen LogP contribution in [0, 0.1) is 57.7 Å². The second-order valence-corrected chi connectivity index (χ2v) is 22.6. The minimum atomic E-state index is -5.75. The number of rotatable bonds is 12. The van der Waals surface area contributed by atoms with E-state index in [1.165, 1.54) is 0 Å². The highest BCUT2D eigenvalue weighted by Gasteiger charge is 2.55. The SMILES string of the molecule is CC1CC2CC(C(=O)OCC3(COC(=O)C45CCCC(=CC(C=O)C4)C5)CSC(C4CC5CCCC(C(=O)OCC(F)(F)S(=O)(=O)O)(C5)C4)SC3)CC(C2)C1=O. The Morgan fingerprint density at radius 3 is 2.38 bits per heavy atom. The molecular formula is C40H54F2O11S3. The molecule has 1 N–H and O–H groups in total. The number of Topliss-reactive ketones (excluding diaryl/α,β-unsaturated/α-hetero) is 1. The van der Waals surface area contributed by atoms with E-state index < -0.39 is 44.2 Å². The van der Waals surface area contributed by atoms with Crippen LogP contribution in [0.15, 0.2) is 11.6 Å². The molecule has 0 aromatic carbocycles. The molecule has 1 saturated heterocycles. The van der Waals surface area contributed by atoms with E-state index in [9.17, 15) is 41.2 Å². The monoisotopic (exact) mass is 844 g/mol. The molecular weight excluding hydrogens is 791 g/mol. The predicted molar refractivity (Wildman–Crippen MR) is 204 cm³/mol. The molecule has 0 aromatic rings. The summed E-state index contributed by atoms with van der Waals surface area (Å²) in [4.78, 5) is 65.7. The number of aldehydes is 1. The first-order valence-corrected chi connectivity index (χ1v) is 23.8. The van der Waals surface area contributed by atoms with Crippen LogP contribution in [0.5, 0.6) is 0 Å². The standard InChI is InChI=1S/C40H54F2O11S3/c1-24-8-27-11-29(32(24)44)13-30(12-27)33(45)51-19-37(20-52-35(46)38-6-2-4-25(14-38)9-28(16-38)18-43)22-54-34(55-23-37)31-10-26-5-3-7-39(15-26,17-31)36(47)53-21-40(41,42)56(48,49)50/h9,18,24,26-31,34H,2-8,10-17,19-23H2,1H3,(H,48,49,50). The van der Waals surface area contributed by atoms with Crippen LogP contribution >= 0.6 is 23.5 Å². The molecule has 5 saturated carbocycles. The van der Waals surface area contributed by atoms with Gasteiger partial charge in [-0.2, -0.15) is 17.2 Å². The molecule has 56 heavy (non-hydrogen) atoms. The second-order valence-electron chi connectivity index (χ2n) is 18.5. The van der Waals surface area contributed by atoms with Crippen LogP contribution < -0.4 is 0 Å². The van der Waals surface area contributed by atoms with Crippen molar-refractivity contribution in [3.8, 4) is 0 Å². The third-order valence-corrected chi connectivity index (χ3v) is 18.7. The Morgan fingerprint density at radius 2 is 1.64 bits per heavy atom. The van der Waals surface area contributed by atoms with Gasteiger partial charge in [-0.3, -0.25) is 23.7 Å². The Hall–Kier alpha value is -2.04. The molecule has 9 unspecified atom stereocenters. The quantitative estimate of drug-likeness (QED) is 0.0715. The first-order valence-electron chi connectivity index (χ1n) is 20.2. The molecule has 1 aliphatic heterocycles. The molecule has 7 rings (SSSR count). The highest BCUT2D eigenvalue weighted by molar-refractivity contribution is 8.17. The number of ketones is 1. The molecule has 0 amide bonds. The van der Waals surface area contributed by atoms with Gasteiger partial charge >= 0.3 is 33.3 Å². The summed E-state index contributed by atoms with van der Waals surface area (Å²) in [7, 11) is -5.75. The van der Waals surface area contributed by atoms with E-state index in [0.717, 1.165) is 50.4 Å². The van der Waals surface area contributed by atoms with Crippen molar-refractivity contribution in [3.05, 3.63) is 11.6 Å². The van der Waals surface area contributed by atoms with E-state index in [-0.39, 0.29) is 71.0 Å². The molecule has 312 valence electrons. The highest BCUT2D eigenvalue weighted by atomic mass is 32.2.